The minimum absolute atomic E-state index is 0.297. The summed E-state index contributed by atoms with van der Waals surface area (Å²) in [5, 5.41) is 6.94. The van der Waals surface area contributed by atoms with Crippen molar-refractivity contribution >= 4 is 11.6 Å². The molecule has 0 bridgehead atoms. The molecule has 1 atom stereocenters. The highest BCUT2D eigenvalue weighted by Gasteiger charge is 2.20. The standard InChI is InChI=1S/C23H33N5O2/c1-3-21(29-15-1)7-12-25-23(27-18-22-4-2-16-30-22)26-17-19-8-13-28(14-9-19)20-5-10-24-11-6-20/h1,3,5-6,10-11,15,19,22H,2,4,7-9,12-14,16-18H2,(H2,25,26,27). The number of guanidine groups is 1. The molecule has 0 spiro atoms. The number of nitrogens with one attached hydrogen (secondary N) is 2. The van der Waals surface area contributed by atoms with Gasteiger partial charge in [-0.25, -0.2) is 0 Å². The summed E-state index contributed by atoms with van der Waals surface area (Å²) in [4.78, 5) is 11.5. The largest absolute Gasteiger partial charge is 0.469 e. The number of piperidine rings is 1. The van der Waals surface area contributed by atoms with Gasteiger partial charge >= 0.3 is 0 Å². The maximum absolute atomic E-state index is 5.74. The van der Waals surface area contributed by atoms with Gasteiger partial charge in [0.2, 0.25) is 0 Å². The molecule has 1 unspecified atom stereocenters. The normalized spacial score (nSPS) is 20.5. The van der Waals surface area contributed by atoms with Gasteiger partial charge in [0.05, 0.1) is 12.4 Å². The first-order valence-electron chi connectivity index (χ1n) is 11.2. The first-order valence-corrected chi connectivity index (χ1v) is 11.2. The molecule has 2 saturated heterocycles. The fraction of sp³-hybridized carbons (Fsp3) is 0.565. The lowest BCUT2D eigenvalue weighted by Crippen LogP contribution is -2.42. The summed E-state index contributed by atoms with van der Waals surface area (Å²) >= 11 is 0. The van der Waals surface area contributed by atoms with Gasteiger partial charge in [-0.2, -0.15) is 0 Å². The molecule has 2 aliphatic heterocycles. The third kappa shape index (κ3) is 6.23. The zero-order chi connectivity index (χ0) is 20.4. The second-order valence-electron chi connectivity index (χ2n) is 8.10. The van der Waals surface area contributed by atoms with Crippen LogP contribution in [0.15, 0.2) is 52.3 Å². The van der Waals surface area contributed by atoms with Gasteiger partial charge < -0.3 is 24.7 Å². The predicted molar refractivity (Wildman–Crippen MR) is 119 cm³/mol. The van der Waals surface area contributed by atoms with Crippen molar-refractivity contribution in [3.8, 4) is 0 Å². The molecule has 2 aromatic heterocycles. The Morgan fingerprint density at radius 3 is 2.73 bits per heavy atom. The number of aliphatic imine (C=N–C) groups is 1. The summed E-state index contributed by atoms with van der Waals surface area (Å²) in [7, 11) is 0. The van der Waals surface area contributed by atoms with Crippen LogP contribution < -0.4 is 15.5 Å². The van der Waals surface area contributed by atoms with Gasteiger partial charge in [0.15, 0.2) is 5.96 Å². The summed E-state index contributed by atoms with van der Waals surface area (Å²) in [5.41, 5.74) is 1.27. The maximum atomic E-state index is 5.74. The van der Waals surface area contributed by atoms with Gasteiger partial charge in [-0.05, 0) is 55.9 Å². The molecule has 7 nitrogen and oxygen atoms in total. The Balaban J connectivity index is 1.25. The van der Waals surface area contributed by atoms with E-state index in [2.05, 4.69) is 32.7 Å². The van der Waals surface area contributed by atoms with Gasteiger partial charge in [-0.3, -0.25) is 9.98 Å². The summed E-state index contributed by atoms with van der Waals surface area (Å²) in [5.74, 6) is 2.49. The quantitative estimate of drug-likeness (QED) is 0.514. The molecule has 0 aliphatic carbocycles. The van der Waals surface area contributed by atoms with Crippen molar-refractivity contribution in [2.24, 2.45) is 10.9 Å². The molecule has 0 aromatic carbocycles. The first-order chi connectivity index (χ1) is 14.9. The molecule has 7 heteroatoms. The van der Waals surface area contributed by atoms with Gasteiger partial charge in [-0.1, -0.05) is 0 Å². The average molecular weight is 412 g/mol. The van der Waals surface area contributed by atoms with E-state index in [0.717, 1.165) is 83.2 Å². The molecular weight excluding hydrogens is 378 g/mol. The fourth-order valence-electron chi connectivity index (χ4n) is 4.10. The molecule has 2 aromatic rings. The topological polar surface area (TPSA) is 74.9 Å². The second-order valence-corrected chi connectivity index (χ2v) is 8.10. The lowest BCUT2D eigenvalue weighted by molar-refractivity contribution is 0.113. The van der Waals surface area contributed by atoms with E-state index in [9.17, 15) is 0 Å². The molecular formula is C23H33N5O2. The number of aromatic nitrogens is 1. The third-order valence-corrected chi connectivity index (χ3v) is 5.92. The van der Waals surface area contributed by atoms with Crippen LogP contribution >= 0.6 is 0 Å². The predicted octanol–water partition coefficient (Wildman–Crippen LogP) is 2.85. The summed E-state index contributed by atoms with van der Waals surface area (Å²) in [6, 6.07) is 8.12. The van der Waals surface area contributed by atoms with E-state index < -0.39 is 0 Å². The average Bonchev–Trinajstić information content (AvgIpc) is 3.51. The van der Waals surface area contributed by atoms with Gasteiger partial charge in [-0.15, -0.1) is 0 Å². The molecule has 2 fully saturated rings. The summed E-state index contributed by atoms with van der Waals surface area (Å²) in [6.07, 6.45) is 11.2. The first kappa shape index (κ1) is 20.7. The highest BCUT2D eigenvalue weighted by atomic mass is 16.5. The highest BCUT2D eigenvalue weighted by molar-refractivity contribution is 5.79. The zero-order valence-electron chi connectivity index (χ0n) is 17.6. The Labute approximate surface area is 178 Å². The Morgan fingerprint density at radius 1 is 1.13 bits per heavy atom. The zero-order valence-corrected chi connectivity index (χ0v) is 17.6. The molecule has 0 amide bonds. The molecule has 30 heavy (non-hydrogen) atoms. The Morgan fingerprint density at radius 2 is 2.00 bits per heavy atom. The molecule has 162 valence electrons. The number of hydrogen-bond donors (Lipinski definition) is 2. The van der Waals surface area contributed by atoms with E-state index >= 15 is 0 Å². The number of ether oxygens (including phenoxy) is 1. The Kier molecular flexibility index (Phi) is 7.61. The van der Waals surface area contributed by atoms with E-state index in [1.54, 1.807) is 6.26 Å². The van der Waals surface area contributed by atoms with E-state index in [1.807, 2.05) is 24.5 Å². The number of furan rings is 1. The van der Waals surface area contributed by atoms with Crippen LogP contribution in [0.1, 0.15) is 31.4 Å². The van der Waals surface area contributed by atoms with Crippen LogP contribution in [0.4, 0.5) is 5.69 Å². The number of anilines is 1. The van der Waals surface area contributed by atoms with E-state index in [1.165, 1.54) is 5.69 Å². The number of hydrogen-bond acceptors (Lipinski definition) is 5. The third-order valence-electron chi connectivity index (χ3n) is 5.92. The lowest BCUT2D eigenvalue weighted by atomic mass is 9.97. The Hall–Kier alpha value is -2.54. The second kappa shape index (κ2) is 11.0. The van der Waals surface area contributed by atoms with Crippen LogP contribution in [0.25, 0.3) is 0 Å². The Bertz CT molecular complexity index is 751. The number of pyridine rings is 1. The SMILES string of the molecule is c1coc(CCNC(=NCC2CCN(c3ccncc3)CC2)NCC2CCCO2)c1. The van der Waals surface area contributed by atoms with Crippen molar-refractivity contribution in [1.29, 1.82) is 0 Å². The van der Waals surface area contributed by atoms with Gasteiger partial charge in [0.1, 0.15) is 5.76 Å². The fourth-order valence-corrected chi connectivity index (χ4v) is 4.10. The van der Waals surface area contributed by atoms with Crippen molar-refractivity contribution < 1.29 is 9.15 Å². The van der Waals surface area contributed by atoms with E-state index in [0.29, 0.717) is 12.0 Å². The summed E-state index contributed by atoms with van der Waals surface area (Å²) in [6.45, 7) is 5.49. The molecule has 0 radical (unpaired) electrons. The van der Waals surface area contributed by atoms with E-state index in [4.69, 9.17) is 14.1 Å². The van der Waals surface area contributed by atoms with Crippen molar-refractivity contribution in [2.45, 2.75) is 38.2 Å². The van der Waals surface area contributed by atoms with Crippen LogP contribution in [0.5, 0.6) is 0 Å². The maximum Gasteiger partial charge on any atom is 0.191 e. The lowest BCUT2D eigenvalue weighted by Gasteiger charge is -2.33. The molecule has 0 saturated carbocycles. The van der Waals surface area contributed by atoms with Gasteiger partial charge in [0, 0.05) is 63.8 Å². The van der Waals surface area contributed by atoms with Crippen LogP contribution in [-0.2, 0) is 11.2 Å². The van der Waals surface area contributed by atoms with Crippen molar-refractivity contribution in [3.63, 3.8) is 0 Å². The van der Waals surface area contributed by atoms with Crippen LogP contribution in [0.3, 0.4) is 0 Å². The highest BCUT2D eigenvalue weighted by Crippen LogP contribution is 2.22. The molecule has 4 rings (SSSR count). The molecule has 4 heterocycles. The molecule has 2 aliphatic rings. The van der Waals surface area contributed by atoms with Crippen LogP contribution in [0.2, 0.25) is 0 Å². The summed E-state index contributed by atoms with van der Waals surface area (Å²) < 4.78 is 11.2. The minimum atomic E-state index is 0.297. The van der Waals surface area contributed by atoms with Crippen molar-refractivity contribution in [3.05, 3.63) is 48.7 Å². The van der Waals surface area contributed by atoms with Crippen LogP contribution in [-0.4, -0.2) is 56.4 Å². The smallest absolute Gasteiger partial charge is 0.191 e. The van der Waals surface area contributed by atoms with Crippen molar-refractivity contribution in [2.75, 3.05) is 44.2 Å². The van der Waals surface area contributed by atoms with E-state index in [-0.39, 0.29) is 0 Å². The number of nitrogens with zero attached hydrogens (tertiary/aromatic N) is 3. The monoisotopic (exact) mass is 411 g/mol. The van der Waals surface area contributed by atoms with Crippen molar-refractivity contribution in [1.82, 2.24) is 15.6 Å². The van der Waals surface area contributed by atoms with Gasteiger partial charge in [0.25, 0.3) is 0 Å². The van der Waals surface area contributed by atoms with Crippen LogP contribution in [0, 0.1) is 5.92 Å². The number of rotatable bonds is 8. The minimum Gasteiger partial charge on any atom is -0.469 e. The molecule has 2 N–H and O–H groups in total.